The molecule has 90 valence electrons. The number of hydrogen-bond acceptors (Lipinski definition) is 2. The second-order valence-corrected chi connectivity index (χ2v) is 5.02. The lowest BCUT2D eigenvalue weighted by atomic mass is 9.93. The molecule has 0 aromatic rings. The van der Waals surface area contributed by atoms with Crippen LogP contribution in [-0.4, -0.2) is 26.0 Å². The minimum Gasteiger partial charge on any atom is -0.351 e. The van der Waals surface area contributed by atoms with Crippen molar-refractivity contribution < 1.29 is 4.79 Å². The van der Waals surface area contributed by atoms with Crippen LogP contribution in [0.4, 0.5) is 0 Å². The lowest BCUT2D eigenvalue weighted by molar-refractivity contribution is -0.117. The molecule has 1 aliphatic rings. The van der Waals surface area contributed by atoms with Crippen LogP contribution in [0.1, 0.15) is 26.7 Å². The molecule has 0 fully saturated rings. The molecule has 0 saturated carbocycles. The van der Waals surface area contributed by atoms with E-state index in [9.17, 15) is 4.79 Å². The van der Waals surface area contributed by atoms with Gasteiger partial charge < -0.3 is 10.6 Å². The molecule has 0 radical (unpaired) electrons. The first-order valence-corrected chi connectivity index (χ1v) is 5.85. The van der Waals surface area contributed by atoms with Gasteiger partial charge in [-0.3, -0.25) is 4.79 Å². The molecule has 16 heavy (non-hydrogen) atoms. The number of hydrogen-bond donors (Lipinski definition) is 2. The molecule has 0 atom stereocenters. The minimum absolute atomic E-state index is 0.0418. The number of carbonyl (C=O) groups excluding carboxylic acids is 1. The molecule has 0 saturated heterocycles. The molecule has 2 N–H and O–H groups in total. The fourth-order valence-corrected chi connectivity index (χ4v) is 1.74. The Kier molecular flexibility index (Phi) is 4.74. The van der Waals surface area contributed by atoms with Gasteiger partial charge in [0, 0.05) is 18.7 Å². The fraction of sp³-hybridized carbons (Fsp3) is 0.615. The van der Waals surface area contributed by atoms with Crippen LogP contribution in [0, 0.1) is 5.41 Å². The Morgan fingerprint density at radius 1 is 1.38 bits per heavy atom. The topological polar surface area (TPSA) is 41.1 Å². The van der Waals surface area contributed by atoms with Crippen LogP contribution in [0.5, 0.6) is 0 Å². The van der Waals surface area contributed by atoms with Crippen LogP contribution in [0.2, 0.25) is 0 Å². The zero-order valence-corrected chi connectivity index (χ0v) is 10.5. The van der Waals surface area contributed by atoms with E-state index in [-0.39, 0.29) is 11.3 Å². The van der Waals surface area contributed by atoms with Crippen molar-refractivity contribution >= 4 is 5.91 Å². The maximum atomic E-state index is 11.8. The molecule has 1 rings (SSSR count). The number of rotatable bonds is 5. The Balaban J connectivity index is 2.40. The molecule has 0 bridgehead atoms. The molecule has 0 spiro atoms. The Labute approximate surface area is 98.0 Å². The van der Waals surface area contributed by atoms with E-state index in [2.05, 4.69) is 24.5 Å². The first kappa shape index (κ1) is 13.0. The largest absolute Gasteiger partial charge is 0.351 e. The van der Waals surface area contributed by atoms with Crippen LogP contribution in [0.15, 0.2) is 23.8 Å². The van der Waals surface area contributed by atoms with Gasteiger partial charge in [-0.25, -0.2) is 0 Å². The molecule has 0 aromatic heterocycles. The van der Waals surface area contributed by atoms with E-state index in [1.807, 2.05) is 25.3 Å². The normalized spacial score (nSPS) is 15.8. The molecule has 1 aliphatic carbocycles. The van der Waals surface area contributed by atoms with Gasteiger partial charge in [0.15, 0.2) is 0 Å². The van der Waals surface area contributed by atoms with Crippen molar-refractivity contribution in [3.8, 4) is 0 Å². The zero-order chi connectivity index (χ0) is 12.0. The highest BCUT2D eigenvalue weighted by molar-refractivity contribution is 5.96. The van der Waals surface area contributed by atoms with E-state index in [0.717, 1.165) is 25.0 Å². The van der Waals surface area contributed by atoms with Crippen molar-refractivity contribution in [2.24, 2.45) is 5.41 Å². The number of nitrogens with one attached hydrogen (secondary N) is 2. The minimum atomic E-state index is 0.0418. The van der Waals surface area contributed by atoms with Crippen molar-refractivity contribution in [2.45, 2.75) is 26.7 Å². The molecular formula is C13H22N2O. The third kappa shape index (κ3) is 4.19. The van der Waals surface area contributed by atoms with Gasteiger partial charge in [-0.15, -0.1) is 0 Å². The summed E-state index contributed by atoms with van der Waals surface area (Å²) in [6.07, 6.45) is 7.97. The summed E-state index contributed by atoms with van der Waals surface area (Å²) in [6.45, 7) is 5.85. The quantitative estimate of drug-likeness (QED) is 0.742. The second kappa shape index (κ2) is 5.85. The van der Waals surface area contributed by atoms with E-state index < -0.39 is 0 Å². The second-order valence-electron chi connectivity index (χ2n) is 5.02. The van der Waals surface area contributed by atoms with Gasteiger partial charge in [0.25, 0.3) is 5.91 Å². The average molecular weight is 222 g/mol. The first-order valence-electron chi connectivity index (χ1n) is 5.85. The van der Waals surface area contributed by atoms with E-state index in [0.29, 0.717) is 6.54 Å². The molecule has 0 heterocycles. The van der Waals surface area contributed by atoms with E-state index in [1.54, 1.807) is 0 Å². The third-order valence-electron chi connectivity index (χ3n) is 2.64. The molecule has 1 amide bonds. The number of amides is 1. The molecule has 3 nitrogen and oxygen atoms in total. The zero-order valence-electron chi connectivity index (χ0n) is 10.5. The summed E-state index contributed by atoms with van der Waals surface area (Å²) in [7, 11) is 1.93. The highest BCUT2D eigenvalue weighted by atomic mass is 16.1. The fourth-order valence-electron chi connectivity index (χ4n) is 1.74. The molecular weight excluding hydrogens is 200 g/mol. The predicted octanol–water partition coefficient (Wildman–Crippen LogP) is 1.62. The summed E-state index contributed by atoms with van der Waals surface area (Å²) in [5, 5.41) is 6.11. The van der Waals surface area contributed by atoms with Crippen LogP contribution >= 0.6 is 0 Å². The van der Waals surface area contributed by atoms with Crippen LogP contribution in [-0.2, 0) is 4.79 Å². The summed E-state index contributed by atoms with van der Waals surface area (Å²) in [5.41, 5.74) is 0.884. The highest BCUT2D eigenvalue weighted by Crippen LogP contribution is 2.13. The third-order valence-corrected chi connectivity index (χ3v) is 2.64. The van der Waals surface area contributed by atoms with Gasteiger partial charge in [0.1, 0.15) is 0 Å². The van der Waals surface area contributed by atoms with Gasteiger partial charge in [0.2, 0.25) is 0 Å². The summed E-state index contributed by atoms with van der Waals surface area (Å²) in [5.74, 6) is 0.0418. The van der Waals surface area contributed by atoms with Crippen LogP contribution in [0.3, 0.4) is 0 Å². The smallest absolute Gasteiger partial charge is 0.250 e. The maximum Gasteiger partial charge on any atom is 0.250 e. The Morgan fingerprint density at radius 2 is 2.12 bits per heavy atom. The lowest BCUT2D eigenvalue weighted by Crippen LogP contribution is -2.39. The van der Waals surface area contributed by atoms with Gasteiger partial charge in [-0.05, 0) is 25.3 Å². The van der Waals surface area contributed by atoms with Gasteiger partial charge in [-0.1, -0.05) is 32.1 Å². The van der Waals surface area contributed by atoms with Crippen molar-refractivity contribution in [1.82, 2.24) is 10.6 Å². The Bertz CT molecular complexity index is 303. The van der Waals surface area contributed by atoms with Crippen molar-refractivity contribution in [1.29, 1.82) is 0 Å². The maximum absolute atomic E-state index is 11.8. The molecule has 0 aliphatic heterocycles. The van der Waals surface area contributed by atoms with Gasteiger partial charge in [-0.2, -0.15) is 0 Å². The standard InChI is InChI=1S/C13H22N2O/c1-13(2,9-14-3)10-15-12(16)11-7-5-4-6-8-11/h5,7-8,14H,4,6,9-10H2,1-3H3,(H,15,16). The van der Waals surface area contributed by atoms with Gasteiger partial charge in [0.05, 0.1) is 0 Å². The first-order chi connectivity index (χ1) is 7.55. The molecule has 3 heteroatoms. The van der Waals surface area contributed by atoms with Gasteiger partial charge >= 0.3 is 0 Å². The number of carbonyl (C=O) groups is 1. The summed E-state index contributed by atoms with van der Waals surface area (Å²) < 4.78 is 0. The summed E-state index contributed by atoms with van der Waals surface area (Å²) >= 11 is 0. The predicted molar refractivity (Wildman–Crippen MR) is 67.2 cm³/mol. The molecule has 0 unspecified atom stereocenters. The van der Waals surface area contributed by atoms with E-state index in [1.165, 1.54) is 0 Å². The summed E-state index contributed by atoms with van der Waals surface area (Å²) in [4.78, 5) is 11.8. The van der Waals surface area contributed by atoms with E-state index >= 15 is 0 Å². The monoisotopic (exact) mass is 222 g/mol. The van der Waals surface area contributed by atoms with E-state index in [4.69, 9.17) is 0 Å². The molecule has 0 aromatic carbocycles. The van der Waals surface area contributed by atoms with Crippen molar-refractivity contribution in [2.75, 3.05) is 20.1 Å². The summed E-state index contributed by atoms with van der Waals surface area (Å²) in [6, 6.07) is 0. The Morgan fingerprint density at radius 3 is 2.69 bits per heavy atom. The number of allylic oxidation sites excluding steroid dienone is 2. The Hall–Kier alpha value is -1.09. The van der Waals surface area contributed by atoms with Crippen molar-refractivity contribution in [3.05, 3.63) is 23.8 Å². The van der Waals surface area contributed by atoms with Crippen LogP contribution < -0.4 is 10.6 Å². The van der Waals surface area contributed by atoms with Crippen LogP contribution in [0.25, 0.3) is 0 Å². The average Bonchev–Trinajstić information content (AvgIpc) is 2.27. The van der Waals surface area contributed by atoms with Crippen molar-refractivity contribution in [3.63, 3.8) is 0 Å². The lowest BCUT2D eigenvalue weighted by Gasteiger charge is -2.24. The SMILES string of the molecule is CNCC(C)(C)CNC(=O)C1=CCCC=C1. The highest BCUT2D eigenvalue weighted by Gasteiger charge is 2.18.